The minimum Gasteiger partial charge on any atom is -0.265 e. The van der Waals surface area contributed by atoms with Crippen molar-refractivity contribution in [1.82, 2.24) is 19.9 Å². The summed E-state index contributed by atoms with van der Waals surface area (Å²) in [5.74, 6) is 0. The molecule has 0 radical (unpaired) electrons. The van der Waals surface area contributed by atoms with Crippen LogP contribution in [-0.4, -0.2) is 19.9 Å². The Morgan fingerprint density at radius 2 is 0.780 bits per heavy atom. The molecule has 0 unspecified atom stereocenters. The fourth-order valence-corrected chi connectivity index (χ4v) is 6.67. The van der Waals surface area contributed by atoms with Crippen LogP contribution in [0, 0.1) is 0 Å². The Bertz CT molecular complexity index is 2400. The number of fused-ring (bicyclic) bond motifs is 1. The average Bonchev–Trinajstić information content (AvgIpc) is 3.18. The van der Waals surface area contributed by atoms with Gasteiger partial charge in [0, 0.05) is 47.0 Å². The molecule has 8 aromatic rings. The van der Waals surface area contributed by atoms with Gasteiger partial charge in [0.25, 0.3) is 0 Å². The van der Waals surface area contributed by atoms with Gasteiger partial charge in [-0.05, 0) is 74.7 Å². The summed E-state index contributed by atoms with van der Waals surface area (Å²) in [5, 5.41) is 0. The first-order valence-corrected chi connectivity index (χ1v) is 17.0. The lowest BCUT2D eigenvalue weighted by atomic mass is 9.79. The largest absolute Gasteiger partial charge is 0.265 e. The van der Waals surface area contributed by atoms with Gasteiger partial charge in [-0.1, -0.05) is 130 Å². The molecule has 50 heavy (non-hydrogen) atoms. The highest BCUT2D eigenvalue weighted by molar-refractivity contribution is 6.04. The van der Waals surface area contributed by atoms with Crippen LogP contribution in [0.15, 0.2) is 164 Å². The highest BCUT2D eigenvalue weighted by Crippen LogP contribution is 2.44. The summed E-state index contributed by atoms with van der Waals surface area (Å²) >= 11 is 0. The zero-order valence-corrected chi connectivity index (χ0v) is 28.4. The molecule has 3 aromatic heterocycles. The first kappa shape index (κ1) is 31.0. The van der Waals surface area contributed by atoms with Gasteiger partial charge in [0.15, 0.2) is 0 Å². The van der Waals surface area contributed by atoms with E-state index in [0.29, 0.717) is 0 Å². The predicted molar refractivity (Wildman–Crippen MR) is 206 cm³/mol. The Hall–Kier alpha value is -6.26. The van der Waals surface area contributed by atoms with E-state index in [0.717, 1.165) is 78.1 Å². The maximum atomic E-state index is 5.66. The van der Waals surface area contributed by atoms with Gasteiger partial charge in [-0.15, -0.1) is 0 Å². The SMILES string of the molecule is CC(C)(C)c1cc(-c2ccccc2)c2nc(-c3ccc(-c4ccncc4)cc3)c(-c3ccc(-c4ccncc4)cc3)nc2c1-c1ccccc1. The van der Waals surface area contributed by atoms with Crippen molar-refractivity contribution in [3.63, 3.8) is 0 Å². The van der Waals surface area contributed by atoms with Crippen molar-refractivity contribution in [3.05, 3.63) is 170 Å². The molecule has 3 heterocycles. The van der Waals surface area contributed by atoms with Crippen LogP contribution in [0.3, 0.4) is 0 Å². The van der Waals surface area contributed by atoms with E-state index in [9.17, 15) is 0 Å². The summed E-state index contributed by atoms with van der Waals surface area (Å²) in [7, 11) is 0. The fourth-order valence-electron chi connectivity index (χ4n) is 6.67. The second kappa shape index (κ2) is 13.0. The summed E-state index contributed by atoms with van der Waals surface area (Å²) in [6.07, 6.45) is 7.31. The molecular formula is C46H36N4. The summed E-state index contributed by atoms with van der Waals surface area (Å²) in [6, 6.07) is 48.9. The number of hydrogen-bond donors (Lipinski definition) is 0. The van der Waals surface area contributed by atoms with Gasteiger partial charge >= 0.3 is 0 Å². The lowest BCUT2D eigenvalue weighted by Crippen LogP contribution is -2.14. The molecule has 0 aliphatic carbocycles. The molecule has 5 aromatic carbocycles. The van der Waals surface area contributed by atoms with Crippen LogP contribution in [0.2, 0.25) is 0 Å². The number of aromatic nitrogens is 4. The standard InChI is InChI=1S/C46H36N4/c1-46(2,3)40-30-39(35-10-6-4-7-11-35)44-45(41(40)36-12-8-5-9-13-36)50-43(38-20-16-32(17-21-38)34-24-28-48-29-25-34)42(49-44)37-18-14-31(15-19-37)33-22-26-47-27-23-33/h4-30H,1-3H3. The van der Waals surface area contributed by atoms with Crippen LogP contribution in [0.5, 0.6) is 0 Å². The van der Waals surface area contributed by atoms with Crippen LogP contribution in [0.25, 0.3) is 78.1 Å². The maximum Gasteiger partial charge on any atom is 0.0982 e. The molecule has 0 saturated heterocycles. The van der Waals surface area contributed by atoms with Crippen LogP contribution in [0.4, 0.5) is 0 Å². The van der Waals surface area contributed by atoms with Gasteiger partial charge in [0.1, 0.15) is 0 Å². The van der Waals surface area contributed by atoms with Crippen molar-refractivity contribution < 1.29 is 0 Å². The first-order chi connectivity index (χ1) is 24.4. The average molecular weight is 645 g/mol. The van der Waals surface area contributed by atoms with Crippen LogP contribution < -0.4 is 0 Å². The molecule has 0 atom stereocenters. The summed E-state index contributed by atoms with van der Waals surface area (Å²) in [4.78, 5) is 19.7. The zero-order chi connectivity index (χ0) is 34.1. The Balaban J connectivity index is 1.44. The molecule has 0 fully saturated rings. The molecule has 0 aliphatic rings. The van der Waals surface area contributed by atoms with Gasteiger partial charge in [0.05, 0.1) is 22.4 Å². The third-order valence-corrected chi connectivity index (χ3v) is 9.25. The van der Waals surface area contributed by atoms with E-state index in [4.69, 9.17) is 9.97 Å². The van der Waals surface area contributed by atoms with Crippen molar-refractivity contribution in [2.75, 3.05) is 0 Å². The van der Waals surface area contributed by atoms with E-state index in [1.807, 2.05) is 49.1 Å². The molecule has 0 spiro atoms. The van der Waals surface area contributed by atoms with Gasteiger partial charge in [-0.2, -0.15) is 0 Å². The molecule has 4 nitrogen and oxygen atoms in total. The smallest absolute Gasteiger partial charge is 0.0982 e. The quantitative estimate of drug-likeness (QED) is 0.181. The Kier molecular flexibility index (Phi) is 8.06. The Morgan fingerprint density at radius 1 is 0.380 bits per heavy atom. The lowest BCUT2D eigenvalue weighted by Gasteiger charge is -2.26. The summed E-state index contributed by atoms with van der Waals surface area (Å²) < 4.78 is 0. The number of hydrogen-bond acceptors (Lipinski definition) is 4. The fraction of sp³-hybridized carbons (Fsp3) is 0.0870. The van der Waals surface area contributed by atoms with Gasteiger partial charge in [0.2, 0.25) is 0 Å². The number of benzene rings is 5. The van der Waals surface area contributed by atoms with Gasteiger partial charge in [-0.3, -0.25) is 9.97 Å². The third kappa shape index (κ3) is 5.97. The Labute approximate surface area is 293 Å². The van der Waals surface area contributed by atoms with E-state index >= 15 is 0 Å². The van der Waals surface area contributed by atoms with E-state index in [-0.39, 0.29) is 5.41 Å². The molecule has 8 rings (SSSR count). The van der Waals surface area contributed by atoms with E-state index < -0.39 is 0 Å². The molecule has 0 bridgehead atoms. The predicted octanol–water partition coefficient (Wildman–Crippen LogP) is 11.7. The zero-order valence-electron chi connectivity index (χ0n) is 28.4. The van der Waals surface area contributed by atoms with Gasteiger partial charge < -0.3 is 0 Å². The van der Waals surface area contributed by atoms with Crippen molar-refractivity contribution in [2.24, 2.45) is 0 Å². The van der Waals surface area contributed by atoms with Crippen LogP contribution in [-0.2, 0) is 5.41 Å². The summed E-state index contributed by atoms with van der Waals surface area (Å²) in [6.45, 7) is 6.83. The molecule has 0 amide bonds. The van der Waals surface area contributed by atoms with E-state index in [1.54, 1.807) is 0 Å². The first-order valence-electron chi connectivity index (χ1n) is 17.0. The molecule has 4 heteroatoms. The number of pyridine rings is 2. The molecule has 0 saturated carbocycles. The van der Waals surface area contributed by atoms with Crippen LogP contribution >= 0.6 is 0 Å². The van der Waals surface area contributed by atoms with Crippen molar-refractivity contribution in [1.29, 1.82) is 0 Å². The molecule has 0 aliphatic heterocycles. The molecule has 0 N–H and O–H groups in total. The monoisotopic (exact) mass is 644 g/mol. The minimum absolute atomic E-state index is 0.154. The summed E-state index contributed by atoms with van der Waals surface area (Å²) in [5.41, 5.74) is 15.5. The third-order valence-electron chi connectivity index (χ3n) is 9.25. The van der Waals surface area contributed by atoms with Crippen LogP contribution in [0.1, 0.15) is 26.3 Å². The van der Waals surface area contributed by atoms with Crippen molar-refractivity contribution >= 4 is 11.0 Å². The van der Waals surface area contributed by atoms with Crippen molar-refractivity contribution in [3.8, 4) is 67.0 Å². The highest BCUT2D eigenvalue weighted by atomic mass is 14.8. The maximum absolute atomic E-state index is 5.66. The van der Waals surface area contributed by atoms with Crippen molar-refractivity contribution in [2.45, 2.75) is 26.2 Å². The second-order valence-corrected chi connectivity index (χ2v) is 13.6. The lowest BCUT2D eigenvalue weighted by molar-refractivity contribution is 0.593. The molecular weight excluding hydrogens is 609 g/mol. The van der Waals surface area contributed by atoms with Gasteiger partial charge in [-0.25, -0.2) is 9.97 Å². The number of nitrogens with zero attached hydrogens (tertiary/aromatic N) is 4. The Morgan fingerprint density at radius 3 is 1.24 bits per heavy atom. The second-order valence-electron chi connectivity index (χ2n) is 13.6. The molecule has 240 valence electrons. The van der Waals surface area contributed by atoms with E-state index in [1.165, 1.54) is 5.56 Å². The van der Waals surface area contributed by atoms with E-state index in [2.05, 4.69) is 146 Å². The highest BCUT2D eigenvalue weighted by Gasteiger charge is 2.26. The number of rotatable bonds is 6. The topological polar surface area (TPSA) is 51.6 Å². The minimum atomic E-state index is -0.154. The normalized spacial score (nSPS) is 11.5.